The van der Waals surface area contributed by atoms with E-state index in [1.807, 2.05) is 54.1 Å². The number of anilines is 1. The average molecular weight is 414 g/mol. The SMILES string of the molecule is Cc1ccccc1NC(=O)CSc1nc2scc(-c3cccs3)c2c(=O)[nH]1. The number of thiophene rings is 2. The van der Waals surface area contributed by atoms with E-state index in [1.165, 1.54) is 23.1 Å². The molecule has 0 spiro atoms. The Balaban J connectivity index is 1.51. The zero-order valence-corrected chi connectivity index (χ0v) is 16.8. The number of nitrogens with zero attached hydrogens (tertiary/aromatic N) is 1. The maximum Gasteiger partial charge on any atom is 0.260 e. The number of hydrogen-bond donors (Lipinski definition) is 2. The number of nitrogens with one attached hydrogen (secondary N) is 2. The fourth-order valence-electron chi connectivity index (χ4n) is 2.64. The first kappa shape index (κ1) is 18.0. The summed E-state index contributed by atoms with van der Waals surface area (Å²) in [5.74, 6) is 0.0360. The molecule has 0 saturated heterocycles. The number of aromatic amines is 1. The second-order valence-corrected chi connectivity index (χ2v) is 8.60. The van der Waals surface area contributed by atoms with Gasteiger partial charge in [0.1, 0.15) is 4.83 Å². The summed E-state index contributed by atoms with van der Waals surface area (Å²) in [4.78, 5) is 33.8. The molecule has 1 aromatic carbocycles. The van der Waals surface area contributed by atoms with Gasteiger partial charge in [-0.1, -0.05) is 36.0 Å². The second kappa shape index (κ2) is 7.67. The van der Waals surface area contributed by atoms with Crippen LogP contribution in [0.3, 0.4) is 0 Å². The Kier molecular flexibility index (Phi) is 5.11. The highest BCUT2D eigenvalue weighted by atomic mass is 32.2. The van der Waals surface area contributed by atoms with Crippen LogP contribution in [-0.2, 0) is 4.79 Å². The molecule has 4 aromatic rings. The van der Waals surface area contributed by atoms with Crippen LogP contribution in [0.5, 0.6) is 0 Å². The van der Waals surface area contributed by atoms with Crippen LogP contribution in [0, 0.1) is 6.92 Å². The Morgan fingerprint density at radius 1 is 1.22 bits per heavy atom. The van der Waals surface area contributed by atoms with Crippen molar-refractivity contribution in [2.24, 2.45) is 0 Å². The minimum Gasteiger partial charge on any atom is -0.325 e. The lowest BCUT2D eigenvalue weighted by Crippen LogP contribution is -2.16. The molecule has 0 radical (unpaired) electrons. The highest BCUT2D eigenvalue weighted by Crippen LogP contribution is 2.34. The van der Waals surface area contributed by atoms with Gasteiger partial charge in [-0.15, -0.1) is 22.7 Å². The molecule has 0 aliphatic heterocycles. The Bertz CT molecular complexity index is 1160. The molecule has 27 heavy (non-hydrogen) atoms. The molecule has 3 heterocycles. The van der Waals surface area contributed by atoms with Crippen molar-refractivity contribution in [3.63, 3.8) is 0 Å². The second-order valence-electron chi connectivity index (χ2n) is 5.83. The van der Waals surface area contributed by atoms with E-state index in [4.69, 9.17) is 0 Å². The predicted octanol–water partition coefficient (Wildman–Crippen LogP) is 4.75. The smallest absolute Gasteiger partial charge is 0.260 e. The van der Waals surface area contributed by atoms with Crippen LogP contribution in [0.15, 0.2) is 57.1 Å². The number of thioether (sulfide) groups is 1. The van der Waals surface area contributed by atoms with E-state index < -0.39 is 0 Å². The summed E-state index contributed by atoms with van der Waals surface area (Å²) in [5.41, 5.74) is 2.53. The van der Waals surface area contributed by atoms with Gasteiger partial charge in [-0.05, 0) is 30.0 Å². The summed E-state index contributed by atoms with van der Waals surface area (Å²) in [5, 5.41) is 7.88. The molecule has 5 nitrogen and oxygen atoms in total. The van der Waals surface area contributed by atoms with Crippen molar-refractivity contribution < 1.29 is 4.79 Å². The van der Waals surface area contributed by atoms with Gasteiger partial charge < -0.3 is 10.3 Å². The molecule has 0 aliphatic carbocycles. The van der Waals surface area contributed by atoms with Gasteiger partial charge in [-0.25, -0.2) is 4.98 Å². The van der Waals surface area contributed by atoms with E-state index in [9.17, 15) is 9.59 Å². The molecule has 3 aromatic heterocycles. The van der Waals surface area contributed by atoms with Gasteiger partial charge in [0, 0.05) is 21.5 Å². The van der Waals surface area contributed by atoms with Gasteiger partial charge in [-0.2, -0.15) is 0 Å². The van der Waals surface area contributed by atoms with Crippen molar-refractivity contribution >= 4 is 56.2 Å². The Hall–Kier alpha value is -2.42. The molecule has 8 heteroatoms. The first-order valence-corrected chi connectivity index (χ1v) is 10.9. The number of H-pyrrole nitrogens is 1. The normalized spacial score (nSPS) is 11.0. The summed E-state index contributed by atoms with van der Waals surface area (Å²) in [7, 11) is 0. The van der Waals surface area contributed by atoms with Crippen molar-refractivity contribution in [2.45, 2.75) is 12.1 Å². The number of aryl methyl sites for hydroxylation is 1. The van der Waals surface area contributed by atoms with Crippen LogP contribution in [0.4, 0.5) is 5.69 Å². The van der Waals surface area contributed by atoms with Gasteiger partial charge in [0.05, 0.1) is 11.1 Å². The van der Waals surface area contributed by atoms with Crippen LogP contribution in [0.1, 0.15) is 5.56 Å². The third-order valence-electron chi connectivity index (χ3n) is 3.97. The molecule has 136 valence electrons. The molecule has 0 fully saturated rings. The van der Waals surface area contributed by atoms with Crippen LogP contribution in [0.2, 0.25) is 0 Å². The number of rotatable bonds is 5. The van der Waals surface area contributed by atoms with E-state index in [0.717, 1.165) is 21.7 Å². The molecule has 0 unspecified atom stereocenters. The highest BCUT2D eigenvalue weighted by Gasteiger charge is 2.14. The summed E-state index contributed by atoms with van der Waals surface area (Å²) < 4.78 is 0. The molecular formula is C19H15N3O2S3. The molecule has 4 rings (SSSR count). The van der Waals surface area contributed by atoms with Gasteiger partial charge in [0.2, 0.25) is 5.91 Å². The fraction of sp³-hybridized carbons (Fsp3) is 0.105. The van der Waals surface area contributed by atoms with Crippen LogP contribution in [-0.4, -0.2) is 21.6 Å². The molecule has 0 bridgehead atoms. The maximum atomic E-state index is 12.6. The van der Waals surface area contributed by atoms with E-state index in [-0.39, 0.29) is 17.2 Å². The minimum absolute atomic E-state index is 0.137. The summed E-state index contributed by atoms with van der Waals surface area (Å²) in [6, 6.07) is 11.6. The lowest BCUT2D eigenvalue weighted by molar-refractivity contribution is -0.113. The molecule has 0 atom stereocenters. The van der Waals surface area contributed by atoms with E-state index in [2.05, 4.69) is 15.3 Å². The molecule has 0 saturated carbocycles. The molecule has 1 amide bonds. The van der Waals surface area contributed by atoms with Crippen molar-refractivity contribution in [2.75, 3.05) is 11.1 Å². The molecular weight excluding hydrogens is 398 g/mol. The van der Waals surface area contributed by atoms with Crippen LogP contribution < -0.4 is 10.9 Å². The largest absolute Gasteiger partial charge is 0.325 e. The van der Waals surface area contributed by atoms with Gasteiger partial charge >= 0.3 is 0 Å². The number of para-hydroxylation sites is 1. The van der Waals surface area contributed by atoms with Gasteiger partial charge in [-0.3, -0.25) is 9.59 Å². The average Bonchev–Trinajstić information content (AvgIpc) is 3.31. The summed E-state index contributed by atoms with van der Waals surface area (Å²) >= 11 is 4.25. The monoisotopic (exact) mass is 413 g/mol. The zero-order chi connectivity index (χ0) is 18.8. The summed E-state index contributed by atoms with van der Waals surface area (Å²) in [6.45, 7) is 1.94. The number of benzene rings is 1. The topological polar surface area (TPSA) is 74.8 Å². The Morgan fingerprint density at radius 3 is 2.85 bits per heavy atom. The molecule has 0 aliphatic rings. The van der Waals surface area contributed by atoms with Crippen molar-refractivity contribution in [1.29, 1.82) is 0 Å². The molecule has 2 N–H and O–H groups in total. The number of fused-ring (bicyclic) bond motifs is 1. The predicted molar refractivity (Wildman–Crippen MR) is 114 cm³/mol. The Morgan fingerprint density at radius 2 is 2.07 bits per heavy atom. The lowest BCUT2D eigenvalue weighted by Gasteiger charge is -2.07. The fourth-order valence-corrected chi connectivity index (χ4v) is 5.12. The van der Waals surface area contributed by atoms with Crippen LogP contribution in [0.25, 0.3) is 20.7 Å². The van der Waals surface area contributed by atoms with E-state index in [0.29, 0.717) is 15.4 Å². The van der Waals surface area contributed by atoms with E-state index in [1.54, 1.807) is 11.3 Å². The van der Waals surface area contributed by atoms with Crippen molar-refractivity contribution in [3.8, 4) is 10.4 Å². The number of hydrogen-bond acceptors (Lipinski definition) is 6. The number of carbonyl (C=O) groups is 1. The number of aromatic nitrogens is 2. The number of carbonyl (C=O) groups excluding carboxylic acids is 1. The highest BCUT2D eigenvalue weighted by molar-refractivity contribution is 7.99. The maximum absolute atomic E-state index is 12.6. The quantitative estimate of drug-likeness (QED) is 0.366. The lowest BCUT2D eigenvalue weighted by atomic mass is 10.2. The van der Waals surface area contributed by atoms with Gasteiger partial charge in [0.25, 0.3) is 5.56 Å². The standard InChI is InChI=1S/C19H15N3O2S3/c1-11-5-2-3-6-13(11)20-15(23)10-27-19-21-17(24)16-12(9-26-18(16)22-19)14-7-4-8-25-14/h2-9H,10H2,1H3,(H,20,23)(H,21,22,24). The third kappa shape index (κ3) is 3.83. The van der Waals surface area contributed by atoms with Crippen LogP contribution >= 0.6 is 34.4 Å². The Labute approximate surface area is 167 Å². The minimum atomic E-state index is -0.175. The van der Waals surface area contributed by atoms with Crippen molar-refractivity contribution in [3.05, 3.63) is 63.1 Å². The first-order valence-electron chi connectivity index (χ1n) is 8.15. The zero-order valence-electron chi connectivity index (χ0n) is 14.3. The summed E-state index contributed by atoms with van der Waals surface area (Å²) in [6.07, 6.45) is 0. The number of amides is 1. The first-order chi connectivity index (χ1) is 13.1. The van der Waals surface area contributed by atoms with Crippen molar-refractivity contribution in [1.82, 2.24) is 9.97 Å². The van der Waals surface area contributed by atoms with E-state index >= 15 is 0 Å². The third-order valence-corrected chi connectivity index (χ3v) is 6.62. The van der Waals surface area contributed by atoms with Gasteiger partial charge in [0.15, 0.2) is 5.16 Å².